The van der Waals surface area contributed by atoms with Crippen molar-refractivity contribution in [2.45, 2.75) is 25.7 Å². The zero-order valence-corrected chi connectivity index (χ0v) is 20.0. The quantitative estimate of drug-likeness (QED) is 0.389. The number of ketones is 1. The Morgan fingerprint density at radius 2 is 1.56 bits per heavy atom. The molecular weight excluding hydrogens is 519 g/mol. The van der Waals surface area contributed by atoms with Crippen molar-refractivity contribution in [2.24, 2.45) is 11.8 Å². The summed E-state index contributed by atoms with van der Waals surface area (Å²) in [6.07, 6.45) is 2.89. The van der Waals surface area contributed by atoms with Crippen LogP contribution in [0.3, 0.4) is 0 Å². The third kappa shape index (κ3) is 4.34. The van der Waals surface area contributed by atoms with Crippen molar-refractivity contribution in [1.29, 1.82) is 0 Å². The summed E-state index contributed by atoms with van der Waals surface area (Å²) >= 11 is 15.5. The fourth-order valence-electron chi connectivity index (χ4n) is 4.28. The van der Waals surface area contributed by atoms with Crippen LogP contribution < -0.4 is 0 Å². The molecule has 0 aromatic heterocycles. The fraction of sp³-hybridized carbons (Fsp3) is 0.304. The second-order valence-electron chi connectivity index (χ2n) is 7.90. The number of carbonyl (C=O) groups is 4. The average Bonchev–Trinajstić information content (AvgIpc) is 3.02. The van der Waals surface area contributed by atoms with E-state index < -0.39 is 41.9 Å². The van der Waals surface area contributed by atoms with Crippen LogP contribution >= 0.6 is 39.1 Å². The molecule has 0 bridgehead atoms. The molecule has 9 heteroatoms. The van der Waals surface area contributed by atoms with E-state index in [1.807, 2.05) is 0 Å². The summed E-state index contributed by atoms with van der Waals surface area (Å²) in [6, 6.07) is 10.9. The van der Waals surface area contributed by atoms with E-state index >= 15 is 0 Å². The second-order valence-corrected chi connectivity index (χ2v) is 9.66. The predicted molar refractivity (Wildman–Crippen MR) is 123 cm³/mol. The van der Waals surface area contributed by atoms with Crippen LogP contribution in [0.4, 0.5) is 0 Å². The molecular formula is C23H19BrCl2N2O4. The monoisotopic (exact) mass is 536 g/mol. The highest BCUT2D eigenvalue weighted by Crippen LogP contribution is 2.39. The Labute approximate surface area is 203 Å². The summed E-state index contributed by atoms with van der Waals surface area (Å²) in [5.74, 6) is -2.93. The van der Waals surface area contributed by atoms with Gasteiger partial charge in [0.25, 0.3) is 17.7 Å². The van der Waals surface area contributed by atoms with Gasteiger partial charge in [-0.15, -0.1) is 0 Å². The highest BCUT2D eigenvalue weighted by Gasteiger charge is 2.51. The predicted octanol–water partition coefficient (Wildman–Crippen LogP) is 5.17. The first-order valence-electron chi connectivity index (χ1n) is 10.2. The van der Waals surface area contributed by atoms with Crippen LogP contribution in [0, 0.1) is 11.8 Å². The Morgan fingerprint density at radius 3 is 2.12 bits per heavy atom. The van der Waals surface area contributed by atoms with Crippen LogP contribution in [0.15, 0.2) is 46.9 Å². The maximum atomic E-state index is 13.5. The maximum Gasteiger partial charge on any atom is 0.274 e. The SMILES string of the molecule is O=C(CN(C(=O)c1ccc(Cl)cc1Cl)N1C(=O)[C@H]2CCCC[C@H]2C1=O)c1ccc(Br)cc1. The number of hydrazine groups is 1. The average molecular weight is 538 g/mol. The number of nitrogens with zero attached hydrogens (tertiary/aromatic N) is 2. The molecule has 3 amide bonds. The van der Waals surface area contributed by atoms with E-state index in [4.69, 9.17) is 23.2 Å². The Hall–Kier alpha value is -2.22. The second kappa shape index (κ2) is 9.33. The Balaban J connectivity index is 1.71. The lowest BCUT2D eigenvalue weighted by molar-refractivity contribution is -0.154. The molecule has 2 aromatic carbocycles. The van der Waals surface area contributed by atoms with E-state index in [9.17, 15) is 19.2 Å². The van der Waals surface area contributed by atoms with Gasteiger partial charge in [0.15, 0.2) is 5.78 Å². The summed E-state index contributed by atoms with van der Waals surface area (Å²) in [5.41, 5.74) is 0.403. The van der Waals surface area contributed by atoms with Gasteiger partial charge in [0.2, 0.25) is 0 Å². The Morgan fingerprint density at radius 1 is 0.969 bits per heavy atom. The molecule has 0 unspecified atom stereocenters. The molecule has 4 rings (SSSR count). The molecule has 2 aliphatic rings. The van der Waals surface area contributed by atoms with Crippen LogP contribution in [0.1, 0.15) is 46.4 Å². The minimum absolute atomic E-state index is 0.0511. The Kier molecular flexibility index (Phi) is 6.70. The molecule has 0 spiro atoms. The van der Waals surface area contributed by atoms with E-state index in [1.165, 1.54) is 18.2 Å². The van der Waals surface area contributed by atoms with Crippen molar-refractivity contribution < 1.29 is 19.2 Å². The van der Waals surface area contributed by atoms with Gasteiger partial charge in [-0.2, -0.15) is 5.01 Å². The van der Waals surface area contributed by atoms with Crippen LogP contribution in [0.2, 0.25) is 10.0 Å². The zero-order valence-electron chi connectivity index (χ0n) is 16.9. The lowest BCUT2D eigenvalue weighted by Gasteiger charge is -2.30. The van der Waals surface area contributed by atoms with Crippen LogP contribution in [0.25, 0.3) is 0 Å². The minimum Gasteiger partial charge on any atom is -0.292 e. The molecule has 1 aliphatic heterocycles. The first kappa shape index (κ1) is 23.0. The maximum absolute atomic E-state index is 13.5. The lowest BCUT2D eigenvalue weighted by atomic mass is 9.81. The van der Waals surface area contributed by atoms with E-state index in [0.29, 0.717) is 23.4 Å². The molecule has 0 radical (unpaired) electrons. The molecule has 0 N–H and O–H groups in total. The van der Waals surface area contributed by atoms with Crippen molar-refractivity contribution >= 4 is 62.6 Å². The third-order valence-corrected chi connectivity index (χ3v) is 6.99. The van der Waals surface area contributed by atoms with Crippen molar-refractivity contribution in [1.82, 2.24) is 10.0 Å². The normalized spacial score (nSPS) is 20.3. The van der Waals surface area contributed by atoms with Crippen LogP contribution in [-0.4, -0.2) is 40.1 Å². The largest absolute Gasteiger partial charge is 0.292 e. The number of fused-ring (bicyclic) bond motifs is 1. The summed E-state index contributed by atoms with van der Waals surface area (Å²) in [5, 5.41) is 2.20. The number of carbonyl (C=O) groups excluding carboxylic acids is 4. The molecule has 1 heterocycles. The number of hydrogen-bond acceptors (Lipinski definition) is 4. The third-order valence-electron chi connectivity index (χ3n) is 5.91. The molecule has 32 heavy (non-hydrogen) atoms. The Bertz CT molecular complexity index is 1080. The van der Waals surface area contributed by atoms with Gasteiger partial charge in [0, 0.05) is 15.1 Å². The van der Waals surface area contributed by atoms with Gasteiger partial charge in [-0.3, -0.25) is 19.2 Å². The zero-order chi connectivity index (χ0) is 23.0. The molecule has 1 aliphatic carbocycles. The number of amides is 3. The minimum atomic E-state index is -0.711. The van der Waals surface area contributed by atoms with Crippen molar-refractivity contribution in [3.8, 4) is 0 Å². The number of imide groups is 1. The van der Waals surface area contributed by atoms with Crippen LogP contribution in [0.5, 0.6) is 0 Å². The van der Waals surface area contributed by atoms with Gasteiger partial charge in [-0.25, -0.2) is 5.01 Å². The van der Waals surface area contributed by atoms with E-state index in [1.54, 1.807) is 24.3 Å². The summed E-state index contributed by atoms with van der Waals surface area (Å²) in [4.78, 5) is 52.8. The van der Waals surface area contributed by atoms with Gasteiger partial charge in [-0.05, 0) is 43.2 Å². The molecule has 2 fully saturated rings. The topological polar surface area (TPSA) is 74.8 Å². The number of rotatable bonds is 5. The van der Waals surface area contributed by atoms with Gasteiger partial charge in [0.1, 0.15) is 6.54 Å². The smallest absolute Gasteiger partial charge is 0.274 e. The van der Waals surface area contributed by atoms with Gasteiger partial charge < -0.3 is 0 Å². The molecule has 166 valence electrons. The number of hydrogen-bond donors (Lipinski definition) is 0. The van der Waals surface area contributed by atoms with Crippen molar-refractivity contribution in [3.63, 3.8) is 0 Å². The van der Waals surface area contributed by atoms with E-state index in [2.05, 4.69) is 15.9 Å². The first-order valence-corrected chi connectivity index (χ1v) is 11.8. The summed E-state index contributed by atoms with van der Waals surface area (Å²) in [7, 11) is 0. The van der Waals surface area contributed by atoms with Gasteiger partial charge >= 0.3 is 0 Å². The van der Waals surface area contributed by atoms with Crippen molar-refractivity contribution in [2.75, 3.05) is 6.54 Å². The summed E-state index contributed by atoms with van der Waals surface area (Å²) < 4.78 is 0.795. The first-order chi connectivity index (χ1) is 15.3. The van der Waals surface area contributed by atoms with Gasteiger partial charge in [-0.1, -0.05) is 64.1 Å². The molecule has 6 nitrogen and oxygen atoms in total. The van der Waals surface area contributed by atoms with Gasteiger partial charge in [0.05, 0.1) is 22.4 Å². The van der Waals surface area contributed by atoms with E-state index in [-0.39, 0.29) is 10.6 Å². The lowest BCUT2D eigenvalue weighted by Crippen LogP contribution is -2.52. The molecule has 2 aromatic rings. The highest BCUT2D eigenvalue weighted by molar-refractivity contribution is 9.10. The fourth-order valence-corrected chi connectivity index (χ4v) is 5.03. The number of benzene rings is 2. The molecule has 1 saturated carbocycles. The summed E-state index contributed by atoms with van der Waals surface area (Å²) in [6.45, 7) is -0.476. The molecule has 2 atom stereocenters. The standard InChI is InChI=1S/C23H19BrCl2N2O4/c24-14-7-5-13(6-8-14)20(29)12-27(21(30)18-10-9-15(25)11-19(18)26)28-22(31)16-3-1-2-4-17(16)23(28)32/h5-11,16-17H,1-4,12H2/t16-,17+. The number of Topliss-reactive ketones (excluding diaryl/α,β-unsaturated/α-hetero) is 1. The molecule has 1 saturated heterocycles. The number of halogens is 3. The van der Waals surface area contributed by atoms with Crippen LogP contribution in [-0.2, 0) is 9.59 Å². The van der Waals surface area contributed by atoms with E-state index in [0.717, 1.165) is 27.3 Å². The highest BCUT2D eigenvalue weighted by atomic mass is 79.9. The van der Waals surface area contributed by atoms with Crippen molar-refractivity contribution in [3.05, 3.63) is 68.1 Å².